The zero-order valence-corrected chi connectivity index (χ0v) is 13.4. The van der Waals surface area contributed by atoms with Crippen LogP contribution in [-0.4, -0.2) is 9.55 Å². The summed E-state index contributed by atoms with van der Waals surface area (Å²) in [6.45, 7) is 3.25. The van der Waals surface area contributed by atoms with Crippen LogP contribution in [0.25, 0.3) is 11.0 Å². The van der Waals surface area contributed by atoms with Gasteiger partial charge < -0.3 is 4.57 Å². The third-order valence-corrected chi connectivity index (χ3v) is 5.04. The highest BCUT2D eigenvalue weighted by atomic mass is 15.1. The smallest absolute Gasteiger partial charge is 0.109 e. The molecule has 21 heavy (non-hydrogen) atoms. The highest BCUT2D eigenvalue weighted by Crippen LogP contribution is 2.28. The molecule has 2 nitrogen and oxygen atoms in total. The SMILES string of the molecule is CCn1c(CCCCC2CCCCC2)nc2ccccc21. The number of hydrogen-bond donors (Lipinski definition) is 0. The van der Waals surface area contributed by atoms with Crippen molar-refractivity contribution in [3.63, 3.8) is 0 Å². The van der Waals surface area contributed by atoms with Crippen LogP contribution in [0, 0.1) is 5.92 Å². The summed E-state index contributed by atoms with van der Waals surface area (Å²) in [5, 5.41) is 0. The highest BCUT2D eigenvalue weighted by Gasteiger charge is 2.13. The van der Waals surface area contributed by atoms with Crippen LogP contribution in [0.4, 0.5) is 0 Å². The molecular weight excluding hydrogens is 256 g/mol. The van der Waals surface area contributed by atoms with E-state index in [9.17, 15) is 0 Å². The lowest BCUT2D eigenvalue weighted by atomic mass is 9.85. The molecular formula is C19H28N2. The molecule has 0 aliphatic heterocycles. The van der Waals surface area contributed by atoms with E-state index in [0.717, 1.165) is 24.4 Å². The number of para-hydroxylation sites is 2. The summed E-state index contributed by atoms with van der Waals surface area (Å²) in [5.74, 6) is 2.30. The molecule has 0 bridgehead atoms. The summed E-state index contributed by atoms with van der Waals surface area (Å²) in [5.41, 5.74) is 2.45. The van der Waals surface area contributed by atoms with E-state index in [2.05, 4.69) is 35.8 Å². The standard InChI is InChI=1S/C19H28N2/c1-2-21-18-14-8-7-13-17(18)20-19(21)15-9-6-12-16-10-4-3-5-11-16/h7-8,13-14,16H,2-6,9-12,15H2,1H3. The monoisotopic (exact) mass is 284 g/mol. The molecule has 1 aromatic heterocycles. The Morgan fingerprint density at radius 2 is 1.90 bits per heavy atom. The van der Waals surface area contributed by atoms with Gasteiger partial charge in [-0.05, 0) is 31.4 Å². The number of nitrogens with zero attached hydrogens (tertiary/aromatic N) is 2. The van der Waals surface area contributed by atoms with Gasteiger partial charge in [0, 0.05) is 13.0 Å². The lowest BCUT2D eigenvalue weighted by Crippen LogP contribution is -2.06. The van der Waals surface area contributed by atoms with Crippen molar-refractivity contribution in [2.75, 3.05) is 0 Å². The van der Waals surface area contributed by atoms with E-state index in [1.807, 2.05) is 0 Å². The van der Waals surface area contributed by atoms with Gasteiger partial charge in [-0.25, -0.2) is 4.98 Å². The Bertz CT molecular complexity index is 564. The minimum absolute atomic E-state index is 1.02. The van der Waals surface area contributed by atoms with Gasteiger partial charge in [-0.1, -0.05) is 57.1 Å². The van der Waals surface area contributed by atoms with Crippen LogP contribution in [0.2, 0.25) is 0 Å². The van der Waals surface area contributed by atoms with Crippen molar-refractivity contribution in [2.24, 2.45) is 5.92 Å². The van der Waals surface area contributed by atoms with Crippen molar-refractivity contribution in [1.82, 2.24) is 9.55 Å². The van der Waals surface area contributed by atoms with Crippen molar-refractivity contribution >= 4 is 11.0 Å². The van der Waals surface area contributed by atoms with E-state index >= 15 is 0 Å². The van der Waals surface area contributed by atoms with Gasteiger partial charge >= 0.3 is 0 Å². The van der Waals surface area contributed by atoms with Crippen molar-refractivity contribution in [1.29, 1.82) is 0 Å². The summed E-state index contributed by atoms with van der Waals surface area (Å²) in [6, 6.07) is 8.52. The van der Waals surface area contributed by atoms with Crippen LogP contribution < -0.4 is 0 Å². The molecule has 1 saturated carbocycles. The van der Waals surface area contributed by atoms with Crippen LogP contribution in [0.5, 0.6) is 0 Å². The lowest BCUT2D eigenvalue weighted by Gasteiger charge is -2.21. The Kier molecular flexibility index (Phi) is 4.95. The molecule has 0 amide bonds. The molecule has 0 spiro atoms. The second-order valence-corrected chi connectivity index (χ2v) is 6.51. The zero-order valence-electron chi connectivity index (χ0n) is 13.4. The van der Waals surface area contributed by atoms with Gasteiger partial charge in [0.25, 0.3) is 0 Å². The molecule has 0 radical (unpaired) electrons. The largest absolute Gasteiger partial charge is 0.328 e. The number of imidazole rings is 1. The molecule has 1 aliphatic rings. The Balaban J connectivity index is 1.55. The number of rotatable bonds is 6. The number of aryl methyl sites for hydroxylation is 2. The van der Waals surface area contributed by atoms with Gasteiger partial charge in [-0.3, -0.25) is 0 Å². The predicted octanol–water partition coefficient (Wildman–Crippen LogP) is 5.35. The van der Waals surface area contributed by atoms with Crippen molar-refractivity contribution in [3.8, 4) is 0 Å². The van der Waals surface area contributed by atoms with Crippen LogP contribution in [0.3, 0.4) is 0 Å². The molecule has 3 rings (SSSR count). The number of aromatic nitrogens is 2. The number of hydrogen-bond acceptors (Lipinski definition) is 1. The second-order valence-electron chi connectivity index (χ2n) is 6.51. The Labute approximate surface area is 128 Å². The second kappa shape index (κ2) is 7.11. The van der Waals surface area contributed by atoms with Gasteiger partial charge in [0.15, 0.2) is 0 Å². The minimum Gasteiger partial charge on any atom is -0.328 e. The molecule has 2 heteroatoms. The molecule has 0 atom stereocenters. The number of fused-ring (bicyclic) bond motifs is 1. The maximum absolute atomic E-state index is 4.83. The Hall–Kier alpha value is -1.31. The van der Waals surface area contributed by atoms with Crippen LogP contribution in [0.1, 0.15) is 64.1 Å². The maximum atomic E-state index is 4.83. The number of unbranched alkanes of at least 4 members (excludes halogenated alkanes) is 1. The summed E-state index contributed by atoms with van der Waals surface area (Å²) >= 11 is 0. The van der Waals surface area contributed by atoms with E-state index < -0.39 is 0 Å². The molecule has 1 aliphatic carbocycles. The maximum Gasteiger partial charge on any atom is 0.109 e. The van der Waals surface area contributed by atoms with E-state index in [1.54, 1.807) is 0 Å². The van der Waals surface area contributed by atoms with Crippen LogP contribution in [-0.2, 0) is 13.0 Å². The van der Waals surface area contributed by atoms with Crippen molar-refractivity contribution < 1.29 is 0 Å². The van der Waals surface area contributed by atoms with E-state index in [-0.39, 0.29) is 0 Å². The lowest BCUT2D eigenvalue weighted by molar-refractivity contribution is 0.329. The van der Waals surface area contributed by atoms with E-state index in [0.29, 0.717) is 0 Å². The van der Waals surface area contributed by atoms with Crippen molar-refractivity contribution in [2.45, 2.75) is 71.3 Å². The molecule has 1 aromatic carbocycles. The quantitative estimate of drug-likeness (QED) is 0.654. The van der Waals surface area contributed by atoms with Crippen LogP contribution in [0.15, 0.2) is 24.3 Å². The van der Waals surface area contributed by atoms with Gasteiger partial charge in [0.2, 0.25) is 0 Å². The average molecular weight is 284 g/mol. The summed E-state index contributed by atoms with van der Waals surface area (Å²) in [6.07, 6.45) is 12.6. The fraction of sp³-hybridized carbons (Fsp3) is 0.632. The van der Waals surface area contributed by atoms with Gasteiger partial charge in [-0.2, -0.15) is 0 Å². The Morgan fingerprint density at radius 3 is 2.71 bits per heavy atom. The molecule has 0 unspecified atom stereocenters. The first-order valence-corrected chi connectivity index (χ1v) is 8.82. The van der Waals surface area contributed by atoms with Gasteiger partial charge in [0.1, 0.15) is 5.82 Å². The normalized spacial score (nSPS) is 16.6. The van der Waals surface area contributed by atoms with Crippen molar-refractivity contribution in [3.05, 3.63) is 30.1 Å². The summed E-state index contributed by atoms with van der Waals surface area (Å²) in [7, 11) is 0. The average Bonchev–Trinajstić information content (AvgIpc) is 2.90. The fourth-order valence-corrected chi connectivity index (χ4v) is 3.86. The third kappa shape index (κ3) is 3.48. The summed E-state index contributed by atoms with van der Waals surface area (Å²) in [4.78, 5) is 4.83. The van der Waals surface area contributed by atoms with Gasteiger partial charge in [-0.15, -0.1) is 0 Å². The van der Waals surface area contributed by atoms with E-state index in [1.165, 1.54) is 62.7 Å². The van der Waals surface area contributed by atoms with Crippen LogP contribution >= 0.6 is 0 Å². The molecule has 1 fully saturated rings. The Morgan fingerprint density at radius 1 is 1.10 bits per heavy atom. The number of benzene rings is 1. The zero-order chi connectivity index (χ0) is 14.5. The minimum atomic E-state index is 1.02. The first-order valence-electron chi connectivity index (χ1n) is 8.82. The summed E-state index contributed by atoms with van der Waals surface area (Å²) < 4.78 is 2.38. The molecule has 1 heterocycles. The molecule has 0 saturated heterocycles. The third-order valence-electron chi connectivity index (χ3n) is 5.04. The fourth-order valence-electron chi connectivity index (χ4n) is 3.86. The van der Waals surface area contributed by atoms with E-state index in [4.69, 9.17) is 4.98 Å². The first kappa shape index (κ1) is 14.6. The molecule has 0 N–H and O–H groups in total. The predicted molar refractivity (Wildman–Crippen MR) is 89.5 cm³/mol. The highest BCUT2D eigenvalue weighted by molar-refractivity contribution is 5.75. The van der Waals surface area contributed by atoms with Gasteiger partial charge in [0.05, 0.1) is 11.0 Å². The molecule has 114 valence electrons. The topological polar surface area (TPSA) is 17.8 Å². The first-order chi connectivity index (χ1) is 10.4. The molecule has 2 aromatic rings.